The summed E-state index contributed by atoms with van der Waals surface area (Å²) in [6.45, 7) is 2.16. The van der Waals surface area contributed by atoms with Gasteiger partial charge >= 0.3 is 0 Å². The van der Waals surface area contributed by atoms with Crippen molar-refractivity contribution in [2.75, 3.05) is 14.2 Å². The van der Waals surface area contributed by atoms with E-state index in [9.17, 15) is 0 Å². The molecule has 0 aliphatic heterocycles. The largest absolute Gasteiger partial charge is 0.496 e. The lowest BCUT2D eigenvalue weighted by molar-refractivity contribution is 0.397. The zero-order valence-electron chi connectivity index (χ0n) is 12.3. The van der Waals surface area contributed by atoms with Gasteiger partial charge in [-0.15, -0.1) is 0 Å². The minimum Gasteiger partial charge on any atom is -0.496 e. The van der Waals surface area contributed by atoms with Crippen LogP contribution in [0, 0.1) is 0 Å². The van der Waals surface area contributed by atoms with E-state index in [0.29, 0.717) is 0 Å². The van der Waals surface area contributed by atoms with Crippen molar-refractivity contribution in [3.05, 3.63) is 57.6 Å². The number of methoxy groups -OCH3 is 2. The molecule has 0 aliphatic carbocycles. The molecule has 0 aliphatic rings. The molecule has 0 N–H and O–H groups in total. The van der Waals surface area contributed by atoms with Crippen LogP contribution in [0.25, 0.3) is 0 Å². The number of halogens is 2. The van der Waals surface area contributed by atoms with Crippen molar-refractivity contribution in [3.8, 4) is 11.5 Å². The van der Waals surface area contributed by atoms with Crippen molar-refractivity contribution in [1.29, 1.82) is 0 Å². The van der Waals surface area contributed by atoms with Gasteiger partial charge in [0.25, 0.3) is 0 Å². The zero-order chi connectivity index (χ0) is 15.4. The molecule has 2 aromatic carbocycles. The second kappa shape index (κ2) is 7.32. The van der Waals surface area contributed by atoms with Crippen LogP contribution in [0.15, 0.2) is 40.9 Å². The van der Waals surface area contributed by atoms with Crippen molar-refractivity contribution in [1.82, 2.24) is 0 Å². The van der Waals surface area contributed by atoms with E-state index in [4.69, 9.17) is 9.47 Å². The molecule has 21 heavy (non-hydrogen) atoms. The summed E-state index contributed by atoms with van der Waals surface area (Å²) in [4.78, 5) is 0.0607. The standard InChI is InChI=1S/C17H18Br2O2/c1-4-11-7-5-6-8-12(11)17(19)13-9-16(21-3)14(18)10-15(13)20-2/h5-10,17H,4H2,1-3H3. The highest BCUT2D eigenvalue weighted by Gasteiger charge is 2.20. The van der Waals surface area contributed by atoms with Gasteiger partial charge in [0.1, 0.15) is 11.5 Å². The molecule has 2 rings (SSSR count). The molecule has 0 radical (unpaired) electrons. The summed E-state index contributed by atoms with van der Waals surface area (Å²) in [6.07, 6.45) is 0.994. The Labute approximate surface area is 142 Å². The number of alkyl halides is 1. The predicted octanol–water partition coefficient (Wildman–Crippen LogP) is 5.51. The monoisotopic (exact) mass is 412 g/mol. The van der Waals surface area contributed by atoms with E-state index >= 15 is 0 Å². The molecule has 0 bridgehead atoms. The van der Waals surface area contributed by atoms with Crippen molar-refractivity contribution in [2.24, 2.45) is 0 Å². The first-order chi connectivity index (χ1) is 10.1. The first-order valence-corrected chi connectivity index (χ1v) is 8.46. The van der Waals surface area contributed by atoms with Crippen LogP contribution in [0.5, 0.6) is 11.5 Å². The number of aryl methyl sites for hydroxylation is 1. The Morgan fingerprint density at radius 1 is 1.00 bits per heavy atom. The number of hydrogen-bond acceptors (Lipinski definition) is 2. The topological polar surface area (TPSA) is 18.5 Å². The van der Waals surface area contributed by atoms with Crippen LogP contribution in [0.3, 0.4) is 0 Å². The lowest BCUT2D eigenvalue weighted by Crippen LogP contribution is -2.01. The summed E-state index contributed by atoms with van der Waals surface area (Å²) in [5, 5.41) is 0. The molecule has 0 amide bonds. The second-order valence-corrected chi connectivity index (χ2v) is 6.41. The molecule has 1 unspecified atom stereocenters. The average molecular weight is 414 g/mol. The average Bonchev–Trinajstić information content (AvgIpc) is 2.53. The predicted molar refractivity (Wildman–Crippen MR) is 93.8 cm³/mol. The third-order valence-electron chi connectivity index (χ3n) is 3.49. The molecule has 1 atom stereocenters. The summed E-state index contributed by atoms with van der Waals surface area (Å²) in [5.41, 5.74) is 3.63. The summed E-state index contributed by atoms with van der Waals surface area (Å²) < 4.78 is 11.8. The molecule has 0 heterocycles. The van der Waals surface area contributed by atoms with Gasteiger partial charge in [-0.25, -0.2) is 0 Å². The molecule has 0 spiro atoms. The first-order valence-electron chi connectivity index (χ1n) is 6.75. The Morgan fingerprint density at radius 3 is 2.29 bits per heavy atom. The molecular weight excluding hydrogens is 396 g/mol. The third-order valence-corrected chi connectivity index (χ3v) is 5.09. The maximum absolute atomic E-state index is 5.53. The lowest BCUT2D eigenvalue weighted by Gasteiger charge is -2.19. The summed E-state index contributed by atoms with van der Waals surface area (Å²) >= 11 is 7.31. The molecule has 0 fully saturated rings. The number of ether oxygens (including phenoxy) is 2. The summed E-state index contributed by atoms with van der Waals surface area (Å²) in [6, 6.07) is 12.4. The fourth-order valence-electron chi connectivity index (χ4n) is 2.35. The highest BCUT2D eigenvalue weighted by atomic mass is 79.9. The minimum atomic E-state index is 0.0607. The van der Waals surface area contributed by atoms with E-state index in [1.807, 2.05) is 12.1 Å². The number of benzene rings is 2. The van der Waals surface area contributed by atoms with Crippen molar-refractivity contribution in [2.45, 2.75) is 18.2 Å². The molecule has 2 aromatic rings. The van der Waals surface area contributed by atoms with Crippen LogP contribution in [-0.4, -0.2) is 14.2 Å². The van der Waals surface area contributed by atoms with Gasteiger partial charge in [0.15, 0.2) is 0 Å². The quantitative estimate of drug-likeness (QED) is 0.601. The first kappa shape index (κ1) is 16.4. The van der Waals surface area contributed by atoms with Gasteiger partial charge in [0.05, 0.1) is 23.5 Å². The highest BCUT2D eigenvalue weighted by molar-refractivity contribution is 9.10. The van der Waals surface area contributed by atoms with Crippen LogP contribution in [-0.2, 0) is 6.42 Å². The molecule has 0 saturated carbocycles. The highest BCUT2D eigenvalue weighted by Crippen LogP contribution is 2.42. The van der Waals surface area contributed by atoms with E-state index in [2.05, 4.69) is 63.0 Å². The summed E-state index contributed by atoms with van der Waals surface area (Å²) in [7, 11) is 3.35. The molecular formula is C17H18Br2O2. The van der Waals surface area contributed by atoms with Crippen LogP contribution >= 0.6 is 31.9 Å². The van der Waals surface area contributed by atoms with Gasteiger partial charge in [-0.2, -0.15) is 0 Å². The van der Waals surface area contributed by atoms with Crippen molar-refractivity contribution in [3.63, 3.8) is 0 Å². The Hall–Kier alpha value is -1.00. The van der Waals surface area contributed by atoms with E-state index in [0.717, 1.165) is 28.0 Å². The molecule has 4 heteroatoms. The van der Waals surface area contributed by atoms with E-state index < -0.39 is 0 Å². The van der Waals surface area contributed by atoms with Gasteiger partial charge in [-0.1, -0.05) is 47.1 Å². The Morgan fingerprint density at radius 2 is 1.67 bits per heavy atom. The normalized spacial score (nSPS) is 12.0. The fraction of sp³-hybridized carbons (Fsp3) is 0.294. The van der Waals surface area contributed by atoms with Gasteiger partial charge in [-0.3, -0.25) is 0 Å². The van der Waals surface area contributed by atoms with Gasteiger partial charge in [-0.05, 0) is 45.6 Å². The van der Waals surface area contributed by atoms with Crippen LogP contribution in [0.2, 0.25) is 0 Å². The molecule has 112 valence electrons. The van der Waals surface area contributed by atoms with E-state index in [-0.39, 0.29) is 4.83 Å². The SMILES string of the molecule is CCc1ccccc1C(Br)c1cc(OC)c(Br)cc1OC. The summed E-state index contributed by atoms with van der Waals surface area (Å²) in [5.74, 6) is 1.62. The van der Waals surface area contributed by atoms with Crippen molar-refractivity contribution >= 4 is 31.9 Å². The molecule has 2 nitrogen and oxygen atoms in total. The van der Waals surface area contributed by atoms with E-state index in [1.54, 1.807) is 14.2 Å². The zero-order valence-corrected chi connectivity index (χ0v) is 15.5. The minimum absolute atomic E-state index is 0.0607. The third kappa shape index (κ3) is 3.43. The molecule has 0 aromatic heterocycles. The molecule has 0 saturated heterocycles. The maximum atomic E-state index is 5.53. The van der Waals surface area contributed by atoms with Crippen molar-refractivity contribution < 1.29 is 9.47 Å². The van der Waals surface area contributed by atoms with Crippen LogP contribution in [0.4, 0.5) is 0 Å². The van der Waals surface area contributed by atoms with Gasteiger partial charge < -0.3 is 9.47 Å². The number of hydrogen-bond donors (Lipinski definition) is 0. The van der Waals surface area contributed by atoms with E-state index in [1.165, 1.54) is 11.1 Å². The Bertz CT molecular complexity index is 626. The number of rotatable bonds is 5. The van der Waals surface area contributed by atoms with Crippen LogP contribution in [0.1, 0.15) is 28.4 Å². The maximum Gasteiger partial charge on any atom is 0.133 e. The second-order valence-electron chi connectivity index (χ2n) is 4.64. The fourth-order valence-corrected chi connectivity index (χ4v) is 3.64. The van der Waals surface area contributed by atoms with Gasteiger partial charge in [0, 0.05) is 5.56 Å². The van der Waals surface area contributed by atoms with Crippen LogP contribution < -0.4 is 9.47 Å². The van der Waals surface area contributed by atoms with Gasteiger partial charge in [0.2, 0.25) is 0 Å². The smallest absolute Gasteiger partial charge is 0.133 e. The Balaban J connectivity index is 2.54. The Kier molecular flexibility index (Phi) is 5.71. The lowest BCUT2D eigenvalue weighted by atomic mass is 9.97.